The number of hydrogen-bond acceptors (Lipinski definition) is 3. The van der Waals surface area contributed by atoms with Gasteiger partial charge in [0.1, 0.15) is 11.6 Å². The van der Waals surface area contributed by atoms with E-state index in [0.29, 0.717) is 5.82 Å². The van der Waals surface area contributed by atoms with Crippen LogP contribution in [-0.2, 0) is 0 Å². The van der Waals surface area contributed by atoms with E-state index in [4.69, 9.17) is 10.5 Å². The number of nitrogens with zero attached hydrogens (tertiary/aromatic N) is 1. The second-order valence-electron chi connectivity index (χ2n) is 3.33. The van der Waals surface area contributed by atoms with E-state index in [2.05, 4.69) is 10.2 Å². The second-order valence-corrected chi connectivity index (χ2v) is 3.33. The first-order chi connectivity index (χ1) is 7.24. The topological polar surface area (TPSA) is 63.9 Å². The summed E-state index contributed by atoms with van der Waals surface area (Å²) in [4.78, 5) is 0. The van der Waals surface area contributed by atoms with Crippen LogP contribution in [0.1, 0.15) is 5.56 Å². The van der Waals surface area contributed by atoms with Gasteiger partial charge in [0.25, 0.3) is 0 Å². The van der Waals surface area contributed by atoms with Crippen LogP contribution in [0.5, 0.6) is 5.75 Å². The lowest BCUT2D eigenvalue weighted by atomic mass is 10.0. The number of anilines is 1. The molecule has 1 heterocycles. The van der Waals surface area contributed by atoms with Crippen LogP contribution in [0.3, 0.4) is 0 Å². The van der Waals surface area contributed by atoms with Crippen molar-refractivity contribution in [2.45, 2.75) is 6.92 Å². The molecule has 0 spiro atoms. The summed E-state index contributed by atoms with van der Waals surface area (Å²) < 4.78 is 5.25. The minimum atomic E-state index is 0.575. The smallest absolute Gasteiger partial charge is 0.126 e. The highest BCUT2D eigenvalue weighted by atomic mass is 16.5. The van der Waals surface area contributed by atoms with Crippen molar-refractivity contribution in [3.63, 3.8) is 0 Å². The van der Waals surface area contributed by atoms with E-state index < -0.39 is 0 Å². The van der Waals surface area contributed by atoms with Crippen LogP contribution in [0, 0.1) is 6.92 Å². The molecule has 0 atom stereocenters. The monoisotopic (exact) mass is 203 g/mol. The molecule has 1 aromatic carbocycles. The van der Waals surface area contributed by atoms with Crippen molar-refractivity contribution >= 4 is 5.82 Å². The van der Waals surface area contributed by atoms with Gasteiger partial charge in [-0.1, -0.05) is 12.1 Å². The van der Waals surface area contributed by atoms with Crippen molar-refractivity contribution in [1.82, 2.24) is 10.2 Å². The van der Waals surface area contributed by atoms with Crippen LogP contribution in [0.15, 0.2) is 24.4 Å². The van der Waals surface area contributed by atoms with Gasteiger partial charge in [0, 0.05) is 5.56 Å². The van der Waals surface area contributed by atoms with Gasteiger partial charge in [0.05, 0.1) is 13.3 Å². The number of aromatic amines is 1. The van der Waals surface area contributed by atoms with Gasteiger partial charge in [-0.05, 0) is 24.1 Å². The van der Waals surface area contributed by atoms with E-state index in [1.54, 1.807) is 13.3 Å². The largest absolute Gasteiger partial charge is 0.496 e. The third kappa shape index (κ3) is 1.54. The second kappa shape index (κ2) is 3.65. The number of H-pyrrole nitrogens is 1. The third-order valence-corrected chi connectivity index (χ3v) is 2.46. The molecule has 0 aliphatic carbocycles. The zero-order chi connectivity index (χ0) is 10.8. The molecule has 0 saturated heterocycles. The van der Waals surface area contributed by atoms with Crippen LogP contribution in [0.4, 0.5) is 5.82 Å². The Kier molecular flexibility index (Phi) is 2.33. The highest BCUT2D eigenvalue weighted by Crippen LogP contribution is 2.31. The predicted octanol–water partition coefficient (Wildman–Crippen LogP) is 1.98. The van der Waals surface area contributed by atoms with Gasteiger partial charge >= 0.3 is 0 Å². The lowest BCUT2D eigenvalue weighted by molar-refractivity contribution is 0.412. The summed E-state index contributed by atoms with van der Waals surface area (Å²) >= 11 is 0. The van der Waals surface area contributed by atoms with E-state index in [0.717, 1.165) is 22.4 Å². The summed E-state index contributed by atoms with van der Waals surface area (Å²) in [6.07, 6.45) is 1.72. The number of aromatic nitrogens is 2. The molecule has 2 aromatic rings. The number of methoxy groups -OCH3 is 1. The van der Waals surface area contributed by atoms with Crippen molar-refractivity contribution in [3.8, 4) is 16.9 Å². The Balaban J connectivity index is 2.59. The third-order valence-electron chi connectivity index (χ3n) is 2.46. The predicted molar refractivity (Wildman–Crippen MR) is 59.7 cm³/mol. The van der Waals surface area contributed by atoms with Gasteiger partial charge in [-0.3, -0.25) is 5.10 Å². The van der Waals surface area contributed by atoms with Crippen LogP contribution in [-0.4, -0.2) is 17.3 Å². The number of hydrogen-bond donors (Lipinski definition) is 2. The molecular formula is C11H13N3O. The van der Waals surface area contributed by atoms with Gasteiger partial charge in [-0.25, -0.2) is 0 Å². The number of nitrogens with two attached hydrogens (primary N) is 1. The normalized spacial score (nSPS) is 10.3. The zero-order valence-electron chi connectivity index (χ0n) is 8.74. The average Bonchev–Trinajstić information content (AvgIpc) is 2.65. The van der Waals surface area contributed by atoms with Crippen molar-refractivity contribution in [2.75, 3.05) is 12.8 Å². The maximum atomic E-state index is 5.77. The molecule has 0 aliphatic rings. The first-order valence-corrected chi connectivity index (χ1v) is 4.67. The minimum absolute atomic E-state index is 0.575. The summed E-state index contributed by atoms with van der Waals surface area (Å²) in [7, 11) is 1.66. The van der Waals surface area contributed by atoms with Crippen LogP contribution in [0.2, 0.25) is 0 Å². The van der Waals surface area contributed by atoms with E-state index in [-0.39, 0.29) is 0 Å². The summed E-state index contributed by atoms with van der Waals surface area (Å²) in [5.41, 5.74) is 8.79. The fraction of sp³-hybridized carbons (Fsp3) is 0.182. The Morgan fingerprint density at radius 1 is 1.33 bits per heavy atom. The standard InChI is InChI=1S/C11H13N3O/c1-7-8(4-3-5-10(7)15-2)9-6-13-14-11(9)12/h3-6H,1-2H3,(H3,12,13,14). The number of benzene rings is 1. The number of nitrogens with one attached hydrogen (secondary N) is 1. The van der Waals surface area contributed by atoms with Crippen LogP contribution < -0.4 is 10.5 Å². The molecule has 1 aromatic heterocycles. The molecule has 4 nitrogen and oxygen atoms in total. The van der Waals surface area contributed by atoms with Gasteiger partial charge in [-0.15, -0.1) is 0 Å². The van der Waals surface area contributed by atoms with Crippen molar-refractivity contribution in [3.05, 3.63) is 30.0 Å². The first kappa shape index (κ1) is 9.58. The molecule has 0 fully saturated rings. The molecule has 3 N–H and O–H groups in total. The van der Waals surface area contributed by atoms with Crippen molar-refractivity contribution in [2.24, 2.45) is 0 Å². The Morgan fingerprint density at radius 2 is 2.13 bits per heavy atom. The van der Waals surface area contributed by atoms with Gasteiger partial charge in [0.15, 0.2) is 0 Å². The summed E-state index contributed by atoms with van der Waals surface area (Å²) in [5, 5.41) is 6.62. The lowest BCUT2D eigenvalue weighted by Gasteiger charge is -2.09. The Bertz CT molecular complexity index is 476. The lowest BCUT2D eigenvalue weighted by Crippen LogP contribution is -1.92. The van der Waals surface area contributed by atoms with Gasteiger partial charge in [-0.2, -0.15) is 5.10 Å². The van der Waals surface area contributed by atoms with Gasteiger partial charge in [0.2, 0.25) is 0 Å². The van der Waals surface area contributed by atoms with E-state index in [9.17, 15) is 0 Å². The van der Waals surface area contributed by atoms with Crippen molar-refractivity contribution in [1.29, 1.82) is 0 Å². The highest BCUT2D eigenvalue weighted by molar-refractivity contribution is 5.77. The maximum absolute atomic E-state index is 5.77. The fourth-order valence-corrected chi connectivity index (χ4v) is 1.64. The first-order valence-electron chi connectivity index (χ1n) is 4.67. The molecule has 0 amide bonds. The van der Waals surface area contributed by atoms with Crippen LogP contribution >= 0.6 is 0 Å². The summed E-state index contributed by atoms with van der Waals surface area (Å²) in [6, 6.07) is 5.86. The molecule has 78 valence electrons. The van der Waals surface area contributed by atoms with E-state index in [1.165, 1.54) is 0 Å². The summed E-state index contributed by atoms with van der Waals surface area (Å²) in [6.45, 7) is 2.00. The zero-order valence-corrected chi connectivity index (χ0v) is 8.74. The number of rotatable bonds is 2. The molecule has 0 radical (unpaired) electrons. The summed E-state index contributed by atoms with van der Waals surface area (Å²) in [5.74, 6) is 1.43. The SMILES string of the molecule is COc1cccc(-c2cn[nH]c2N)c1C. The molecule has 0 aliphatic heterocycles. The highest BCUT2D eigenvalue weighted by Gasteiger charge is 2.10. The maximum Gasteiger partial charge on any atom is 0.126 e. The molecule has 0 bridgehead atoms. The Morgan fingerprint density at radius 3 is 2.73 bits per heavy atom. The Hall–Kier alpha value is -1.97. The average molecular weight is 203 g/mol. The molecule has 0 saturated carbocycles. The quantitative estimate of drug-likeness (QED) is 0.784. The molecule has 2 rings (SSSR count). The van der Waals surface area contributed by atoms with E-state index in [1.807, 2.05) is 25.1 Å². The molecule has 15 heavy (non-hydrogen) atoms. The van der Waals surface area contributed by atoms with Gasteiger partial charge < -0.3 is 10.5 Å². The molecule has 0 unspecified atom stereocenters. The van der Waals surface area contributed by atoms with Crippen molar-refractivity contribution < 1.29 is 4.74 Å². The molecular weight excluding hydrogens is 190 g/mol. The fourth-order valence-electron chi connectivity index (χ4n) is 1.64. The van der Waals surface area contributed by atoms with E-state index >= 15 is 0 Å². The van der Waals surface area contributed by atoms with Crippen LogP contribution in [0.25, 0.3) is 11.1 Å². The molecule has 4 heteroatoms. The minimum Gasteiger partial charge on any atom is -0.496 e. The Labute approximate surface area is 88.1 Å². The number of nitrogen functional groups attached to an aromatic ring is 1. The number of ether oxygens (including phenoxy) is 1.